The van der Waals surface area contributed by atoms with Crippen molar-refractivity contribution in [3.8, 4) is 0 Å². The van der Waals surface area contributed by atoms with Crippen LogP contribution in [-0.2, 0) is 9.53 Å². The third kappa shape index (κ3) is 3.30. The number of anilines is 1. The van der Waals surface area contributed by atoms with Gasteiger partial charge in [0, 0.05) is 13.2 Å². The van der Waals surface area contributed by atoms with Crippen LogP contribution < -0.4 is 10.6 Å². The zero-order valence-corrected chi connectivity index (χ0v) is 10.2. The van der Waals surface area contributed by atoms with Gasteiger partial charge >= 0.3 is 0 Å². The predicted octanol–water partition coefficient (Wildman–Crippen LogP) is 1.16. The van der Waals surface area contributed by atoms with Crippen LogP contribution in [0.1, 0.15) is 23.2 Å². The van der Waals surface area contributed by atoms with E-state index in [0.717, 1.165) is 12.8 Å². The smallest absolute Gasteiger partial charge is 0.253 e. The summed E-state index contributed by atoms with van der Waals surface area (Å²) in [7, 11) is 1.45. The number of nitrogens with one attached hydrogen (secondary N) is 2. The summed E-state index contributed by atoms with van der Waals surface area (Å²) in [6.07, 6.45) is 2.06. The van der Waals surface area contributed by atoms with Crippen molar-refractivity contribution in [3.63, 3.8) is 0 Å². The summed E-state index contributed by atoms with van der Waals surface area (Å²) in [6.45, 7) is -0.0292. The van der Waals surface area contributed by atoms with Crippen LogP contribution in [-0.4, -0.2) is 31.6 Å². The number of para-hydroxylation sites is 1. The van der Waals surface area contributed by atoms with Gasteiger partial charge in [-0.1, -0.05) is 12.1 Å². The Kier molecular flexibility index (Phi) is 3.94. The lowest BCUT2D eigenvalue weighted by Gasteiger charge is -2.10. The molecule has 0 unspecified atom stereocenters. The summed E-state index contributed by atoms with van der Waals surface area (Å²) in [5, 5.41) is 5.56. The van der Waals surface area contributed by atoms with Crippen molar-refractivity contribution in [1.82, 2.24) is 5.32 Å². The van der Waals surface area contributed by atoms with E-state index in [-0.39, 0.29) is 18.4 Å². The second kappa shape index (κ2) is 5.64. The molecule has 1 aliphatic rings. The molecule has 1 fully saturated rings. The molecule has 0 atom stereocenters. The molecule has 5 nitrogen and oxygen atoms in total. The number of rotatable bonds is 5. The van der Waals surface area contributed by atoms with Gasteiger partial charge < -0.3 is 15.4 Å². The molecule has 0 spiro atoms. The summed E-state index contributed by atoms with van der Waals surface area (Å²) >= 11 is 0. The van der Waals surface area contributed by atoms with Gasteiger partial charge in [0.25, 0.3) is 5.91 Å². The lowest BCUT2D eigenvalue weighted by molar-refractivity contribution is -0.119. The summed E-state index contributed by atoms with van der Waals surface area (Å²) < 4.78 is 4.74. The Morgan fingerprint density at radius 1 is 1.33 bits per heavy atom. The standard InChI is InChI=1S/C13H16N2O3/c1-18-8-12(16)15-11-5-3-2-4-10(11)13(17)14-9-6-7-9/h2-5,9H,6-8H2,1H3,(H,14,17)(H,15,16). The number of hydrogen-bond acceptors (Lipinski definition) is 3. The number of amides is 2. The number of hydrogen-bond donors (Lipinski definition) is 2. The first-order chi connectivity index (χ1) is 8.70. The Hall–Kier alpha value is -1.88. The molecule has 96 valence electrons. The predicted molar refractivity (Wildman–Crippen MR) is 67.4 cm³/mol. The highest BCUT2D eigenvalue weighted by molar-refractivity contribution is 6.04. The molecule has 0 aromatic heterocycles. The van der Waals surface area contributed by atoms with Gasteiger partial charge in [-0.2, -0.15) is 0 Å². The minimum atomic E-state index is -0.274. The van der Waals surface area contributed by atoms with Crippen LogP contribution in [0.15, 0.2) is 24.3 Å². The van der Waals surface area contributed by atoms with Crippen molar-refractivity contribution in [1.29, 1.82) is 0 Å². The van der Waals surface area contributed by atoms with Crippen LogP contribution in [0.2, 0.25) is 0 Å². The second-order valence-electron chi connectivity index (χ2n) is 4.27. The van der Waals surface area contributed by atoms with Gasteiger partial charge in [0.1, 0.15) is 6.61 Å². The molecule has 1 aromatic rings. The highest BCUT2D eigenvalue weighted by Gasteiger charge is 2.24. The van der Waals surface area contributed by atoms with Gasteiger partial charge in [0.05, 0.1) is 11.3 Å². The average molecular weight is 248 g/mol. The first-order valence-corrected chi connectivity index (χ1v) is 5.89. The molecular weight excluding hydrogens is 232 g/mol. The molecule has 0 radical (unpaired) electrons. The minimum Gasteiger partial charge on any atom is -0.375 e. The van der Waals surface area contributed by atoms with E-state index in [4.69, 9.17) is 4.74 Å². The Morgan fingerprint density at radius 3 is 2.72 bits per heavy atom. The first kappa shape index (κ1) is 12.6. The van der Waals surface area contributed by atoms with Gasteiger partial charge in [-0.05, 0) is 25.0 Å². The van der Waals surface area contributed by atoms with Crippen molar-refractivity contribution in [2.24, 2.45) is 0 Å². The highest BCUT2D eigenvalue weighted by Crippen LogP contribution is 2.21. The quantitative estimate of drug-likeness (QED) is 0.821. The first-order valence-electron chi connectivity index (χ1n) is 5.89. The summed E-state index contributed by atoms with van der Waals surface area (Å²) in [5.74, 6) is -0.421. The zero-order valence-electron chi connectivity index (χ0n) is 10.2. The third-order valence-electron chi connectivity index (χ3n) is 2.63. The maximum atomic E-state index is 12.0. The van der Waals surface area contributed by atoms with E-state index in [1.807, 2.05) is 0 Å². The average Bonchev–Trinajstić information content (AvgIpc) is 3.14. The fourth-order valence-corrected chi connectivity index (χ4v) is 1.60. The topological polar surface area (TPSA) is 67.4 Å². The molecule has 2 N–H and O–H groups in total. The maximum absolute atomic E-state index is 12.0. The number of carbonyl (C=O) groups is 2. The molecule has 0 heterocycles. The van der Waals surface area contributed by atoms with Crippen LogP contribution in [0.3, 0.4) is 0 Å². The molecule has 0 bridgehead atoms. The molecule has 2 amide bonds. The Morgan fingerprint density at radius 2 is 2.06 bits per heavy atom. The number of ether oxygens (including phenoxy) is 1. The SMILES string of the molecule is COCC(=O)Nc1ccccc1C(=O)NC1CC1. The molecular formula is C13H16N2O3. The molecule has 1 aromatic carbocycles. The molecule has 1 saturated carbocycles. The Balaban J connectivity index is 2.08. The minimum absolute atomic E-state index is 0.0292. The van der Waals surface area contributed by atoms with E-state index in [0.29, 0.717) is 17.3 Å². The maximum Gasteiger partial charge on any atom is 0.253 e. The second-order valence-corrected chi connectivity index (χ2v) is 4.27. The van der Waals surface area contributed by atoms with Crippen molar-refractivity contribution >= 4 is 17.5 Å². The van der Waals surface area contributed by atoms with Crippen LogP contribution in [0.4, 0.5) is 5.69 Å². The molecule has 0 aliphatic heterocycles. The van der Waals surface area contributed by atoms with E-state index < -0.39 is 0 Å². The number of carbonyl (C=O) groups excluding carboxylic acids is 2. The van der Waals surface area contributed by atoms with Crippen molar-refractivity contribution in [2.75, 3.05) is 19.0 Å². The molecule has 1 aliphatic carbocycles. The van der Waals surface area contributed by atoms with Gasteiger partial charge in [-0.25, -0.2) is 0 Å². The molecule has 18 heavy (non-hydrogen) atoms. The lowest BCUT2D eigenvalue weighted by Crippen LogP contribution is -2.27. The van der Waals surface area contributed by atoms with Gasteiger partial charge in [0.2, 0.25) is 5.91 Å². The van der Waals surface area contributed by atoms with Crippen LogP contribution in [0, 0.1) is 0 Å². The fourth-order valence-electron chi connectivity index (χ4n) is 1.60. The lowest BCUT2D eigenvalue weighted by atomic mass is 10.1. The van der Waals surface area contributed by atoms with Crippen LogP contribution in [0.25, 0.3) is 0 Å². The Bertz CT molecular complexity index is 455. The number of benzene rings is 1. The Labute approximate surface area is 106 Å². The monoisotopic (exact) mass is 248 g/mol. The summed E-state index contributed by atoms with van der Waals surface area (Å²) in [6, 6.07) is 7.24. The molecule has 0 saturated heterocycles. The van der Waals surface area contributed by atoms with Crippen molar-refractivity contribution in [2.45, 2.75) is 18.9 Å². The van der Waals surface area contributed by atoms with Crippen LogP contribution in [0.5, 0.6) is 0 Å². The normalized spacial score (nSPS) is 14.1. The summed E-state index contributed by atoms with van der Waals surface area (Å²) in [5.41, 5.74) is 0.992. The highest BCUT2D eigenvalue weighted by atomic mass is 16.5. The van der Waals surface area contributed by atoms with E-state index in [9.17, 15) is 9.59 Å². The third-order valence-corrected chi connectivity index (χ3v) is 2.63. The van der Waals surface area contributed by atoms with Gasteiger partial charge in [-0.3, -0.25) is 9.59 Å². The van der Waals surface area contributed by atoms with E-state index in [1.54, 1.807) is 24.3 Å². The van der Waals surface area contributed by atoms with Gasteiger partial charge in [-0.15, -0.1) is 0 Å². The largest absolute Gasteiger partial charge is 0.375 e. The van der Waals surface area contributed by atoms with E-state index in [1.165, 1.54) is 7.11 Å². The van der Waals surface area contributed by atoms with Crippen molar-refractivity contribution < 1.29 is 14.3 Å². The molecule has 2 rings (SSSR count). The van der Waals surface area contributed by atoms with Gasteiger partial charge in [0.15, 0.2) is 0 Å². The van der Waals surface area contributed by atoms with E-state index in [2.05, 4.69) is 10.6 Å². The molecule has 5 heteroatoms. The van der Waals surface area contributed by atoms with Crippen LogP contribution >= 0.6 is 0 Å². The fraction of sp³-hybridized carbons (Fsp3) is 0.385. The van der Waals surface area contributed by atoms with E-state index >= 15 is 0 Å². The number of methoxy groups -OCH3 is 1. The van der Waals surface area contributed by atoms with Crippen molar-refractivity contribution in [3.05, 3.63) is 29.8 Å². The summed E-state index contributed by atoms with van der Waals surface area (Å²) in [4.78, 5) is 23.4. The zero-order chi connectivity index (χ0) is 13.0.